The summed E-state index contributed by atoms with van der Waals surface area (Å²) in [4.78, 5) is 11.0. The molecule has 0 saturated carbocycles. The summed E-state index contributed by atoms with van der Waals surface area (Å²) < 4.78 is 0. The van der Waals surface area contributed by atoms with Gasteiger partial charge in [-0.1, -0.05) is 11.7 Å². The van der Waals surface area contributed by atoms with Crippen LogP contribution in [0.25, 0.3) is 0 Å². The van der Waals surface area contributed by atoms with E-state index in [9.17, 15) is 4.79 Å². The summed E-state index contributed by atoms with van der Waals surface area (Å²) in [6, 6.07) is 0. The van der Waals surface area contributed by atoms with E-state index in [1.165, 1.54) is 6.08 Å². The molecule has 0 heterocycles. The number of rotatable bonds is 4. The van der Waals surface area contributed by atoms with Gasteiger partial charge in [-0.3, -0.25) is 4.79 Å². The maximum Gasteiger partial charge on any atom is 0.243 e. The van der Waals surface area contributed by atoms with E-state index < -0.39 is 5.54 Å². The first-order chi connectivity index (χ1) is 5.91. The average Bonchev–Trinajstić information content (AvgIpc) is 2.02. The molecular weight excluding hydrogens is 168 g/mol. The van der Waals surface area contributed by atoms with Crippen molar-refractivity contribution in [2.75, 3.05) is 0 Å². The third-order valence-electron chi connectivity index (χ3n) is 1.52. The Bertz CT molecular complexity index is 226. The molecule has 0 aliphatic carbocycles. The Kier molecular flexibility index (Phi) is 4.17. The van der Waals surface area contributed by atoms with Crippen molar-refractivity contribution < 1.29 is 10.0 Å². The highest BCUT2D eigenvalue weighted by Gasteiger charge is 2.20. The fourth-order valence-corrected chi connectivity index (χ4v) is 1.10. The Labute approximate surface area is 78.3 Å². The van der Waals surface area contributed by atoms with Gasteiger partial charge in [-0.2, -0.15) is 0 Å². The first kappa shape index (κ1) is 11.7. The van der Waals surface area contributed by atoms with Crippen LogP contribution >= 0.6 is 0 Å². The molecule has 0 aliphatic rings. The van der Waals surface area contributed by atoms with Crippen LogP contribution in [0, 0.1) is 0 Å². The molecule has 0 atom stereocenters. The molecule has 0 radical (unpaired) electrons. The molecule has 74 valence electrons. The second kappa shape index (κ2) is 4.64. The van der Waals surface area contributed by atoms with E-state index in [1.807, 2.05) is 13.8 Å². The van der Waals surface area contributed by atoms with Crippen LogP contribution in [0.3, 0.4) is 0 Å². The van der Waals surface area contributed by atoms with E-state index in [0.717, 1.165) is 0 Å². The largest absolute Gasteiger partial charge is 0.411 e. The van der Waals surface area contributed by atoms with Gasteiger partial charge in [0.25, 0.3) is 0 Å². The van der Waals surface area contributed by atoms with Gasteiger partial charge < -0.3 is 10.5 Å². The minimum atomic E-state index is -0.415. The Hall–Kier alpha value is -1.32. The van der Waals surface area contributed by atoms with Crippen molar-refractivity contribution in [1.29, 1.82) is 0 Å². The summed E-state index contributed by atoms with van der Waals surface area (Å²) >= 11 is 0. The first-order valence-electron chi connectivity index (χ1n) is 4.03. The number of nitrogens with one attached hydrogen (secondary N) is 1. The van der Waals surface area contributed by atoms with Crippen LogP contribution in [0.5, 0.6) is 0 Å². The minimum absolute atomic E-state index is 0.226. The number of oxime groups is 1. The number of hydrogen-bond donors (Lipinski definition) is 2. The summed E-state index contributed by atoms with van der Waals surface area (Å²) in [5.41, 5.74) is 0.163. The Morgan fingerprint density at radius 1 is 1.69 bits per heavy atom. The van der Waals surface area contributed by atoms with Gasteiger partial charge in [0.2, 0.25) is 5.91 Å². The summed E-state index contributed by atoms with van der Waals surface area (Å²) in [5, 5.41) is 14.2. The van der Waals surface area contributed by atoms with Crippen LogP contribution in [-0.4, -0.2) is 22.4 Å². The van der Waals surface area contributed by atoms with Crippen molar-refractivity contribution >= 4 is 11.6 Å². The SMILES string of the molecule is C=CC(=O)NC(C)(C)CC(C)=NO. The molecule has 0 aromatic carbocycles. The fourth-order valence-electron chi connectivity index (χ4n) is 1.10. The van der Waals surface area contributed by atoms with Gasteiger partial charge in [0.15, 0.2) is 0 Å². The lowest BCUT2D eigenvalue weighted by Gasteiger charge is -2.24. The smallest absolute Gasteiger partial charge is 0.243 e. The molecule has 0 unspecified atom stereocenters. The zero-order chi connectivity index (χ0) is 10.5. The number of amides is 1. The van der Waals surface area contributed by atoms with E-state index in [2.05, 4.69) is 17.1 Å². The molecule has 13 heavy (non-hydrogen) atoms. The van der Waals surface area contributed by atoms with Crippen molar-refractivity contribution in [2.45, 2.75) is 32.7 Å². The van der Waals surface area contributed by atoms with E-state index in [4.69, 9.17) is 5.21 Å². The molecule has 0 aromatic heterocycles. The molecule has 0 rings (SSSR count). The Morgan fingerprint density at radius 3 is 2.62 bits per heavy atom. The van der Waals surface area contributed by atoms with Crippen LogP contribution in [0.2, 0.25) is 0 Å². The Morgan fingerprint density at radius 2 is 2.23 bits per heavy atom. The third kappa shape index (κ3) is 5.00. The quantitative estimate of drug-likeness (QED) is 0.299. The van der Waals surface area contributed by atoms with Crippen LogP contribution < -0.4 is 5.32 Å². The van der Waals surface area contributed by atoms with Crippen molar-refractivity contribution in [3.05, 3.63) is 12.7 Å². The molecule has 0 aliphatic heterocycles. The zero-order valence-corrected chi connectivity index (χ0v) is 8.29. The van der Waals surface area contributed by atoms with E-state index in [0.29, 0.717) is 12.1 Å². The number of hydrogen-bond acceptors (Lipinski definition) is 3. The lowest BCUT2D eigenvalue weighted by molar-refractivity contribution is -0.117. The molecule has 0 bridgehead atoms. The molecule has 0 saturated heterocycles. The fraction of sp³-hybridized carbons (Fsp3) is 0.556. The van der Waals surface area contributed by atoms with E-state index in [1.54, 1.807) is 6.92 Å². The van der Waals surface area contributed by atoms with Gasteiger partial charge in [-0.25, -0.2) is 0 Å². The van der Waals surface area contributed by atoms with Crippen molar-refractivity contribution in [2.24, 2.45) is 5.16 Å². The topological polar surface area (TPSA) is 61.7 Å². The monoisotopic (exact) mass is 184 g/mol. The summed E-state index contributed by atoms with van der Waals surface area (Å²) in [7, 11) is 0. The van der Waals surface area contributed by atoms with Gasteiger partial charge >= 0.3 is 0 Å². The van der Waals surface area contributed by atoms with Crippen LogP contribution in [0.15, 0.2) is 17.8 Å². The first-order valence-corrected chi connectivity index (χ1v) is 4.03. The molecule has 0 fully saturated rings. The summed E-state index contributed by atoms with van der Waals surface area (Å²) in [6.45, 7) is 8.75. The maximum atomic E-state index is 11.0. The highest BCUT2D eigenvalue weighted by atomic mass is 16.4. The van der Waals surface area contributed by atoms with Crippen LogP contribution in [0.4, 0.5) is 0 Å². The number of carbonyl (C=O) groups is 1. The number of nitrogens with zero attached hydrogens (tertiary/aromatic N) is 1. The average molecular weight is 184 g/mol. The van der Waals surface area contributed by atoms with Crippen LogP contribution in [-0.2, 0) is 4.79 Å². The van der Waals surface area contributed by atoms with Crippen molar-refractivity contribution in [3.8, 4) is 0 Å². The lowest BCUT2D eigenvalue weighted by atomic mass is 9.98. The molecule has 2 N–H and O–H groups in total. The normalized spacial score (nSPS) is 12.4. The van der Waals surface area contributed by atoms with E-state index >= 15 is 0 Å². The molecule has 1 amide bonds. The highest BCUT2D eigenvalue weighted by Crippen LogP contribution is 2.09. The van der Waals surface area contributed by atoms with Gasteiger partial charge in [0, 0.05) is 12.0 Å². The second-order valence-electron chi connectivity index (χ2n) is 3.59. The summed E-state index contributed by atoms with van der Waals surface area (Å²) in [6.07, 6.45) is 1.72. The lowest BCUT2D eigenvalue weighted by Crippen LogP contribution is -2.43. The molecule has 0 aromatic rings. The van der Waals surface area contributed by atoms with Crippen molar-refractivity contribution in [3.63, 3.8) is 0 Å². The molecule has 4 nitrogen and oxygen atoms in total. The zero-order valence-electron chi connectivity index (χ0n) is 8.29. The predicted molar refractivity (Wildman–Crippen MR) is 51.9 cm³/mol. The number of carbonyl (C=O) groups excluding carboxylic acids is 1. The molecular formula is C9H16N2O2. The standard InChI is InChI=1S/C9H16N2O2/c1-5-8(12)10-9(3,4)6-7(2)11-13/h5,13H,1,6H2,2-4H3,(H,10,12). The van der Waals surface area contributed by atoms with Gasteiger partial charge in [0.1, 0.15) is 0 Å². The van der Waals surface area contributed by atoms with Gasteiger partial charge in [0.05, 0.1) is 5.71 Å². The molecule has 4 heteroatoms. The van der Waals surface area contributed by atoms with Gasteiger partial charge in [-0.15, -0.1) is 0 Å². The van der Waals surface area contributed by atoms with Crippen LogP contribution in [0.1, 0.15) is 27.2 Å². The van der Waals surface area contributed by atoms with E-state index in [-0.39, 0.29) is 5.91 Å². The van der Waals surface area contributed by atoms with Gasteiger partial charge in [-0.05, 0) is 26.8 Å². The Balaban J connectivity index is 4.23. The maximum absolute atomic E-state index is 11.0. The van der Waals surface area contributed by atoms with Crippen molar-refractivity contribution in [1.82, 2.24) is 5.32 Å². The minimum Gasteiger partial charge on any atom is -0.411 e. The molecule has 0 spiro atoms. The second-order valence-corrected chi connectivity index (χ2v) is 3.59. The predicted octanol–water partition coefficient (Wildman–Crippen LogP) is 1.31. The highest BCUT2D eigenvalue weighted by molar-refractivity contribution is 5.88. The third-order valence-corrected chi connectivity index (χ3v) is 1.52. The summed E-state index contributed by atoms with van der Waals surface area (Å²) in [5.74, 6) is -0.226.